The Balaban J connectivity index is 2.05. The molecule has 3 heteroatoms. The van der Waals surface area contributed by atoms with Gasteiger partial charge in [-0.2, -0.15) is 0 Å². The van der Waals surface area contributed by atoms with Gasteiger partial charge in [-0.25, -0.2) is 0 Å². The van der Waals surface area contributed by atoms with Crippen molar-refractivity contribution in [1.29, 1.82) is 0 Å². The van der Waals surface area contributed by atoms with Crippen molar-refractivity contribution < 1.29 is 14.3 Å². The van der Waals surface area contributed by atoms with Crippen LogP contribution in [0.4, 0.5) is 0 Å². The van der Waals surface area contributed by atoms with Crippen LogP contribution in [-0.2, 0) is 21.6 Å². The molecule has 0 aromatic heterocycles. The van der Waals surface area contributed by atoms with Crippen LogP contribution >= 0.6 is 0 Å². The van der Waals surface area contributed by atoms with Gasteiger partial charge in [-0.05, 0) is 30.2 Å². The Bertz CT molecular complexity index is 580. The normalized spacial score (nSPS) is 13.4. The maximum atomic E-state index is 11.5. The SMILES string of the molecule is COc1cccc([C@@](C)(C=O)COCc2ccccc2)c1. The number of aldehydes is 1. The molecule has 0 amide bonds. The lowest BCUT2D eigenvalue weighted by molar-refractivity contribution is -0.114. The molecule has 0 unspecified atom stereocenters. The van der Waals surface area contributed by atoms with Gasteiger partial charge in [0.25, 0.3) is 0 Å². The molecular weight excluding hydrogens is 264 g/mol. The molecule has 0 heterocycles. The molecule has 0 N–H and O–H groups in total. The zero-order chi connectivity index (χ0) is 15.1. The quantitative estimate of drug-likeness (QED) is 0.731. The summed E-state index contributed by atoms with van der Waals surface area (Å²) in [6.07, 6.45) is 0.937. The third kappa shape index (κ3) is 3.92. The summed E-state index contributed by atoms with van der Waals surface area (Å²) in [7, 11) is 1.61. The Kier molecular flexibility index (Phi) is 5.12. The maximum absolute atomic E-state index is 11.5. The summed E-state index contributed by atoms with van der Waals surface area (Å²) in [6.45, 7) is 2.70. The van der Waals surface area contributed by atoms with E-state index in [0.29, 0.717) is 13.2 Å². The van der Waals surface area contributed by atoms with Crippen molar-refractivity contribution >= 4 is 6.29 Å². The molecule has 1 atom stereocenters. The van der Waals surface area contributed by atoms with Gasteiger partial charge in [-0.1, -0.05) is 42.5 Å². The third-order valence-corrected chi connectivity index (χ3v) is 3.50. The van der Waals surface area contributed by atoms with Gasteiger partial charge in [0.1, 0.15) is 12.0 Å². The summed E-state index contributed by atoms with van der Waals surface area (Å²) >= 11 is 0. The molecule has 3 nitrogen and oxygen atoms in total. The molecule has 0 aliphatic rings. The van der Waals surface area contributed by atoms with Crippen LogP contribution in [0, 0.1) is 0 Å². The van der Waals surface area contributed by atoms with Crippen molar-refractivity contribution in [2.24, 2.45) is 0 Å². The minimum absolute atomic E-state index is 0.332. The standard InChI is InChI=1S/C18H20O3/c1-18(13-19,16-9-6-10-17(11-16)20-2)14-21-12-15-7-4-3-5-8-15/h3-11,13H,12,14H2,1-2H3/t18-/m0/s1. The summed E-state index contributed by atoms with van der Waals surface area (Å²) in [5, 5.41) is 0. The predicted molar refractivity (Wildman–Crippen MR) is 82.5 cm³/mol. The fourth-order valence-electron chi connectivity index (χ4n) is 2.12. The molecule has 0 radical (unpaired) electrons. The van der Waals surface area contributed by atoms with Crippen molar-refractivity contribution in [1.82, 2.24) is 0 Å². The van der Waals surface area contributed by atoms with Gasteiger partial charge in [0.15, 0.2) is 0 Å². The van der Waals surface area contributed by atoms with Crippen LogP contribution in [0.15, 0.2) is 54.6 Å². The molecule has 0 aliphatic heterocycles. The number of hydrogen-bond donors (Lipinski definition) is 0. The second-order valence-electron chi connectivity index (χ2n) is 5.25. The van der Waals surface area contributed by atoms with Gasteiger partial charge in [0.2, 0.25) is 0 Å². The van der Waals surface area contributed by atoms with Crippen molar-refractivity contribution in [3.63, 3.8) is 0 Å². The van der Waals surface area contributed by atoms with E-state index in [1.54, 1.807) is 7.11 Å². The number of carbonyl (C=O) groups is 1. The van der Waals surface area contributed by atoms with E-state index in [0.717, 1.165) is 23.2 Å². The Labute approximate surface area is 125 Å². The first kappa shape index (κ1) is 15.3. The molecule has 21 heavy (non-hydrogen) atoms. The highest BCUT2D eigenvalue weighted by molar-refractivity contribution is 5.68. The number of hydrogen-bond acceptors (Lipinski definition) is 3. The molecule has 0 aliphatic carbocycles. The van der Waals surface area contributed by atoms with Crippen LogP contribution in [0.2, 0.25) is 0 Å². The zero-order valence-electron chi connectivity index (χ0n) is 12.4. The highest BCUT2D eigenvalue weighted by atomic mass is 16.5. The van der Waals surface area contributed by atoms with Gasteiger partial charge in [0, 0.05) is 0 Å². The van der Waals surface area contributed by atoms with E-state index >= 15 is 0 Å². The van der Waals surface area contributed by atoms with E-state index in [4.69, 9.17) is 9.47 Å². The summed E-state index contributed by atoms with van der Waals surface area (Å²) in [6, 6.07) is 17.5. The van der Waals surface area contributed by atoms with Gasteiger partial charge >= 0.3 is 0 Å². The van der Waals surface area contributed by atoms with Gasteiger partial charge in [-0.15, -0.1) is 0 Å². The van der Waals surface area contributed by atoms with Crippen LogP contribution < -0.4 is 4.74 Å². The van der Waals surface area contributed by atoms with E-state index in [-0.39, 0.29) is 0 Å². The van der Waals surface area contributed by atoms with Gasteiger partial charge in [-0.3, -0.25) is 0 Å². The second-order valence-corrected chi connectivity index (χ2v) is 5.25. The van der Waals surface area contributed by atoms with Gasteiger partial charge < -0.3 is 14.3 Å². The lowest BCUT2D eigenvalue weighted by atomic mass is 9.85. The fourth-order valence-corrected chi connectivity index (χ4v) is 2.12. The number of ether oxygens (including phenoxy) is 2. The first-order valence-electron chi connectivity index (χ1n) is 6.90. The van der Waals surface area contributed by atoms with E-state index in [1.807, 2.05) is 61.5 Å². The van der Waals surface area contributed by atoms with Crippen molar-refractivity contribution in [3.05, 3.63) is 65.7 Å². The van der Waals surface area contributed by atoms with Crippen LogP contribution in [-0.4, -0.2) is 20.0 Å². The Morgan fingerprint density at radius 1 is 1.10 bits per heavy atom. The second kappa shape index (κ2) is 7.04. The maximum Gasteiger partial charge on any atom is 0.132 e. The molecule has 2 aromatic rings. The average molecular weight is 284 g/mol. The monoisotopic (exact) mass is 284 g/mol. The number of rotatable bonds is 7. The average Bonchev–Trinajstić information content (AvgIpc) is 2.55. The number of methoxy groups -OCH3 is 1. The summed E-state index contributed by atoms with van der Waals surface area (Å²) in [5.74, 6) is 0.739. The first-order valence-corrected chi connectivity index (χ1v) is 6.90. The topological polar surface area (TPSA) is 35.5 Å². The molecule has 0 fully saturated rings. The summed E-state index contributed by atoms with van der Waals surface area (Å²) in [5.41, 5.74) is 1.31. The minimum Gasteiger partial charge on any atom is -0.497 e. The zero-order valence-corrected chi connectivity index (χ0v) is 12.4. The predicted octanol–water partition coefficient (Wildman–Crippen LogP) is 3.37. The summed E-state index contributed by atoms with van der Waals surface area (Å²) in [4.78, 5) is 11.5. The van der Waals surface area contributed by atoms with E-state index in [2.05, 4.69) is 0 Å². The van der Waals surface area contributed by atoms with Crippen LogP contribution in [0.25, 0.3) is 0 Å². The van der Waals surface area contributed by atoms with E-state index < -0.39 is 5.41 Å². The number of carbonyl (C=O) groups excluding carboxylic acids is 1. The molecule has 2 rings (SSSR count). The van der Waals surface area contributed by atoms with Crippen molar-refractivity contribution in [2.75, 3.05) is 13.7 Å². The Morgan fingerprint density at radius 2 is 1.86 bits per heavy atom. The largest absolute Gasteiger partial charge is 0.497 e. The highest BCUT2D eigenvalue weighted by Crippen LogP contribution is 2.25. The van der Waals surface area contributed by atoms with Crippen LogP contribution in [0.1, 0.15) is 18.1 Å². The molecular formula is C18H20O3. The van der Waals surface area contributed by atoms with E-state index in [1.165, 1.54) is 0 Å². The van der Waals surface area contributed by atoms with Crippen molar-refractivity contribution in [3.8, 4) is 5.75 Å². The lowest BCUT2D eigenvalue weighted by Crippen LogP contribution is -2.30. The van der Waals surface area contributed by atoms with Crippen molar-refractivity contribution in [2.45, 2.75) is 18.9 Å². The first-order chi connectivity index (χ1) is 10.2. The Hall–Kier alpha value is -2.13. The minimum atomic E-state index is -0.677. The molecule has 110 valence electrons. The molecule has 0 saturated carbocycles. The third-order valence-electron chi connectivity index (χ3n) is 3.50. The lowest BCUT2D eigenvalue weighted by Gasteiger charge is -2.24. The number of benzene rings is 2. The molecule has 0 spiro atoms. The fraction of sp³-hybridized carbons (Fsp3) is 0.278. The van der Waals surface area contributed by atoms with Crippen LogP contribution in [0.3, 0.4) is 0 Å². The van der Waals surface area contributed by atoms with E-state index in [9.17, 15) is 4.79 Å². The molecule has 2 aromatic carbocycles. The Morgan fingerprint density at radius 3 is 2.52 bits per heavy atom. The highest BCUT2D eigenvalue weighted by Gasteiger charge is 2.27. The molecule has 0 saturated heterocycles. The molecule has 0 bridgehead atoms. The van der Waals surface area contributed by atoms with Crippen LogP contribution in [0.5, 0.6) is 5.75 Å². The van der Waals surface area contributed by atoms with Gasteiger partial charge in [0.05, 0.1) is 25.7 Å². The summed E-state index contributed by atoms with van der Waals surface area (Å²) < 4.78 is 10.9. The smallest absolute Gasteiger partial charge is 0.132 e.